The summed E-state index contributed by atoms with van der Waals surface area (Å²) in [4.78, 5) is 22.1. The van der Waals surface area contributed by atoms with Gasteiger partial charge in [0.05, 0.1) is 7.11 Å². The van der Waals surface area contributed by atoms with Crippen LogP contribution in [0.5, 0.6) is 5.75 Å². The molecule has 0 saturated heterocycles. The summed E-state index contributed by atoms with van der Waals surface area (Å²) < 4.78 is 5.12. The first-order chi connectivity index (χ1) is 8.49. The summed E-state index contributed by atoms with van der Waals surface area (Å²) in [6, 6.07) is 3.95. The number of aliphatic carboxylic acids is 1. The molecule has 6 heteroatoms. The first kappa shape index (κ1) is 14.0. The molecular formula is C12H16N2O4. The average molecular weight is 252 g/mol. The highest BCUT2D eigenvalue weighted by Crippen LogP contribution is 2.28. The Morgan fingerprint density at radius 2 is 2.06 bits per heavy atom. The van der Waals surface area contributed by atoms with Gasteiger partial charge in [-0.25, -0.2) is 0 Å². The predicted octanol–water partition coefficient (Wildman–Crippen LogP) is 0.999. The minimum atomic E-state index is -1.02. The zero-order valence-corrected chi connectivity index (χ0v) is 10.5. The van der Waals surface area contributed by atoms with Crippen molar-refractivity contribution in [2.75, 3.05) is 19.5 Å². The molecule has 1 atom stereocenters. The van der Waals surface area contributed by atoms with Crippen LogP contribution in [0.25, 0.3) is 0 Å². The van der Waals surface area contributed by atoms with Gasteiger partial charge in [0.2, 0.25) is 5.91 Å². The number of carboxylic acids is 1. The summed E-state index contributed by atoms with van der Waals surface area (Å²) in [5, 5.41) is 14.4. The van der Waals surface area contributed by atoms with Gasteiger partial charge >= 0.3 is 5.97 Å². The number of hydrogen-bond donors (Lipinski definition) is 3. The van der Waals surface area contributed by atoms with E-state index in [2.05, 4.69) is 10.6 Å². The van der Waals surface area contributed by atoms with Crippen LogP contribution < -0.4 is 15.4 Å². The monoisotopic (exact) mass is 252 g/mol. The summed E-state index contributed by atoms with van der Waals surface area (Å²) >= 11 is 0. The molecule has 0 aliphatic carbocycles. The molecular weight excluding hydrogens is 236 g/mol. The van der Waals surface area contributed by atoms with Crippen molar-refractivity contribution in [1.29, 1.82) is 0 Å². The summed E-state index contributed by atoms with van der Waals surface area (Å²) in [6.45, 7) is 1.39. The van der Waals surface area contributed by atoms with E-state index in [1.165, 1.54) is 14.0 Å². The molecule has 0 spiro atoms. The second-order valence-electron chi connectivity index (χ2n) is 3.70. The number of carboxylic acid groups (broad SMARTS) is 1. The van der Waals surface area contributed by atoms with Crippen LogP contribution in [-0.4, -0.2) is 31.1 Å². The van der Waals surface area contributed by atoms with Crippen molar-refractivity contribution in [3.05, 3.63) is 23.8 Å². The van der Waals surface area contributed by atoms with E-state index in [0.29, 0.717) is 17.0 Å². The van der Waals surface area contributed by atoms with Gasteiger partial charge in [-0.15, -0.1) is 0 Å². The third kappa shape index (κ3) is 3.21. The van der Waals surface area contributed by atoms with Crippen molar-refractivity contribution in [3.8, 4) is 5.75 Å². The van der Waals surface area contributed by atoms with E-state index < -0.39 is 12.0 Å². The van der Waals surface area contributed by atoms with Gasteiger partial charge in [-0.1, -0.05) is 0 Å². The number of nitrogens with one attached hydrogen (secondary N) is 2. The van der Waals surface area contributed by atoms with Gasteiger partial charge in [0.25, 0.3) is 0 Å². The topological polar surface area (TPSA) is 87.7 Å². The van der Waals surface area contributed by atoms with Gasteiger partial charge in [0, 0.05) is 18.2 Å². The number of likely N-dealkylation sites (N-methyl/N-ethyl adjacent to an activating group) is 1. The second-order valence-corrected chi connectivity index (χ2v) is 3.70. The fourth-order valence-corrected chi connectivity index (χ4v) is 1.65. The van der Waals surface area contributed by atoms with Crippen molar-refractivity contribution in [1.82, 2.24) is 5.32 Å². The molecule has 1 unspecified atom stereocenters. The normalized spacial score (nSPS) is 11.7. The van der Waals surface area contributed by atoms with Crippen molar-refractivity contribution in [2.24, 2.45) is 0 Å². The molecule has 1 aromatic carbocycles. The van der Waals surface area contributed by atoms with Crippen LogP contribution in [0.2, 0.25) is 0 Å². The maximum atomic E-state index is 11.1. The molecule has 0 heterocycles. The Labute approximate surface area is 105 Å². The average Bonchev–Trinajstić information content (AvgIpc) is 2.29. The molecule has 0 aromatic heterocycles. The number of benzene rings is 1. The first-order valence-electron chi connectivity index (χ1n) is 5.35. The van der Waals surface area contributed by atoms with Gasteiger partial charge in [0.1, 0.15) is 11.8 Å². The number of ether oxygens (including phenoxy) is 1. The Morgan fingerprint density at radius 1 is 1.39 bits per heavy atom. The lowest BCUT2D eigenvalue weighted by atomic mass is 10.0. The largest absolute Gasteiger partial charge is 0.496 e. The maximum absolute atomic E-state index is 11.1. The van der Waals surface area contributed by atoms with Crippen molar-refractivity contribution in [2.45, 2.75) is 13.0 Å². The summed E-state index contributed by atoms with van der Waals surface area (Å²) in [6.07, 6.45) is 0. The van der Waals surface area contributed by atoms with Crippen molar-refractivity contribution in [3.63, 3.8) is 0 Å². The number of amides is 1. The molecule has 3 N–H and O–H groups in total. The van der Waals surface area contributed by atoms with Crippen LogP contribution in [-0.2, 0) is 9.59 Å². The lowest BCUT2D eigenvalue weighted by Crippen LogP contribution is -2.25. The van der Waals surface area contributed by atoms with E-state index in [9.17, 15) is 9.59 Å². The van der Waals surface area contributed by atoms with E-state index in [1.807, 2.05) is 0 Å². The van der Waals surface area contributed by atoms with Crippen molar-refractivity contribution < 1.29 is 19.4 Å². The molecule has 0 radical (unpaired) electrons. The van der Waals surface area contributed by atoms with Crippen LogP contribution in [0, 0.1) is 0 Å². The van der Waals surface area contributed by atoms with Crippen LogP contribution in [0.15, 0.2) is 18.2 Å². The van der Waals surface area contributed by atoms with E-state index in [4.69, 9.17) is 9.84 Å². The Bertz CT molecular complexity index is 459. The number of carbonyl (C=O) groups excluding carboxylic acids is 1. The van der Waals surface area contributed by atoms with Gasteiger partial charge in [-0.2, -0.15) is 0 Å². The number of methoxy groups -OCH3 is 1. The Balaban J connectivity index is 3.20. The molecule has 0 aliphatic heterocycles. The van der Waals surface area contributed by atoms with E-state index in [0.717, 1.165) is 0 Å². The minimum absolute atomic E-state index is 0.220. The lowest BCUT2D eigenvalue weighted by Gasteiger charge is -2.16. The number of carbonyl (C=O) groups is 2. The Hall–Kier alpha value is -2.08. The molecule has 98 valence electrons. The molecule has 1 rings (SSSR count). The first-order valence-corrected chi connectivity index (χ1v) is 5.35. The number of hydrogen-bond acceptors (Lipinski definition) is 4. The summed E-state index contributed by atoms with van der Waals surface area (Å²) in [5.74, 6) is -0.788. The lowest BCUT2D eigenvalue weighted by molar-refractivity contribution is -0.139. The third-order valence-corrected chi connectivity index (χ3v) is 2.40. The SMILES string of the molecule is CNC(C(=O)O)c1cc(NC(C)=O)ccc1OC. The van der Waals surface area contributed by atoms with Crippen LogP contribution in [0.1, 0.15) is 18.5 Å². The van der Waals surface area contributed by atoms with Gasteiger partial charge < -0.3 is 20.5 Å². The Morgan fingerprint density at radius 3 is 2.50 bits per heavy atom. The minimum Gasteiger partial charge on any atom is -0.496 e. The molecule has 0 bridgehead atoms. The van der Waals surface area contributed by atoms with Gasteiger partial charge in [-0.05, 0) is 25.2 Å². The fourth-order valence-electron chi connectivity index (χ4n) is 1.65. The van der Waals surface area contributed by atoms with Gasteiger partial charge in [-0.3, -0.25) is 9.59 Å². The second kappa shape index (κ2) is 6.02. The highest BCUT2D eigenvalue weighted by atomic mass is 16.5. The third-order valence-electron chi connectivity index (χ3n) is 2.40. The zero-order chi connectivity index (χ0) is 13.7. The predicted molar refractivity (Wildman–Crippen MR) is 66.7 cm³/mol. The molecule has 18 heavy (non-hydrogen) atoms. The van der Waals surface area contributed by atoms with E-state index in [-0.39, 0.29) is 5.91 Å². The molecule has 0 aliphatic rings. The van der Waals surface area contributed by atoms with Crippen LogP contribution >= 0.6 is 0 Å². The van der Waals surface area contributed by atoms with Gasteiger partial charge in [0.15, 0.2) is 0 Å². The molecule has 1 amide bonds. The molecule has 6 nitrogen and oxygen atoms in total. The van der Waals surface area contributed by atoms with E-state index in [1.54, 1.807) is 25.2 Å². The Kier molecular flexibility index (Phi) is 4.67. The van der Waals surface area contributed by atoms with Crippen molar-refractivity contribution >= 4 is 17.6 Å². The molecule has 0 fully saturated rings. The summed E-state index contributed by atoms with van der Waals surface area (Å²) in [5.41, 5.74) is 0.985. The highest BCUT2D eigenvalue weighted by Gasteiger charge is 2.22. The number of anilines is 1. The molecule has 1 aromatic rings. The van der Waals surface area contributed by atoms with Crippen LogP contribution in [0.4, 0.5) is 5.69 Å². The standard InChI is InChI=1S/C12H16N2O4/c1-7(15)14-8-4-5-10(18-3)9(6-8)11(13-2)12(16)17/h4-6,11,13H,1-3H3,(H,14,15)(H,16,17). The summed E-state index contributed by atoms with van der Waals surface area (Å²) in [7, 11) is 3.01. The number of rotatable bonds is 5. The maximum Gasteiger partial charge on any atom is 0.325 e. The van der Waals surface area contributed by atoms with E-state index >= 15 is 0 Å². The fraction of sp³-hybridized carbons (Fsp3) is 0.333. The smallest absolute Gasteiger partial charge is 0.325 e. The highest BCUT2D eigenvalue weighted by molar-refractivity contribution is 5.89. The molecule has 0 saturated carbocycles. The zero-order valence-electron chi connectivity index (χ0n) is 10.5. The quantitative estimate of drug-likeness (QED) is 0.727. The van der Waals surface area contributed by atoms with Crippen LogP contribution in [0.3, 0.4) is 0 Å².